The lowest BCUT2D eigenvalue weighted by Gasteiger charge is -1.96. The summed E-state index contributed by atoms with van der Waals surface area (Å²) in [6.07, 6.45) is 0. The van der Waals surface area contributed by atoms with Gasteiger partial charge in [0.2, 0.25) is 0 Å². The Labute approximate surface area is 119 Å². The maximum absolute atomic E-state index is 8.37. The topological polar surface area (TPSA) is 13.1 Å². The van der Waals surface area contributed by atoms with E-state index in [1.165, 1.54) is 0 Å². The summed E-state index contributed by atoms with van der Waals surface area (Å²) in [6, 6.07) is 6.18. The summed E-state index contributed by atoms with van der Waals surface area (Å²) in [7, 11) is 0. The third-order valence-electron chi connectivity index (χ3n) is 2.93. The smallest absolute Gasteiger partial charge is 0.136 e. The van der Waals surface area contributed by atoms with Gasteiger partial charge in [-0.05, 0) is 41.1 Å². The predicted molar refractivity (Wildman–Crippen MR) is 78.9 cm³/mol. The molecule has 0 aliphatic rings. The quantitative estimate of drug-likeness (QED) is 0.418. The van der Waals surface area contributed by atoms with Crippen molar-refractivity contribution in [2.24, 2.45) is 0 Å². The van der Waals surface area contributed by atoms with Gasteiger partial charge in [0.15, 0.2) is 0 Å². The summed E-state index contributed by atoms with van der Waals surface area (Å²) in [5, 5.41) is 1.99. The van der Waals surface area contributed by atoms with Crippen LogP contribution in [0.4, 0.5) is 0 Å². The van der Waals surface area contributed by atoms with E-state index in [0.717, 1.165) is 9.86 Å². The Morgan fingerprint density at radius 1 is 0.944 bits per heavy atom. The molecular weight excluding hydrogens is 288 g/mol. The molecule has 1 nitrogen and oxygen atoms in total. The minimum absolute atomic E-state index is 0.0168. The first-order valence-corrected chi connectivity index (χ1v) is 6.21. The Balaban J connectivity index is 2.32. The lowest BCUT2D eigenvalue weighted by molar-refractivity contribution is 0.669. The highest BCUT2D eigenvalue weighted by molar-refractivity contribution is 9.10. The van der Waals surface area contributed by atoms with Crippen LogP contribution in [0.3, 0.4) is 0 Å². The lowest BCUT2D eigenvalue weighted by Crippen LogP contribution is -1.72. The van der Waals surface area contributed by atoms with E-state index in [0.29, 0.717) is 21.9 Å². The fourth-order valence-corrected chi connectivity index (χ4v) is 2.47. The standard InChI is InChI=1S/C16H9BrO/c17-12-5-6-15-14(9-12)13-7-10-3-1-2-4-11(10)8-16(13)18-15/h1-9H/i1D,2D,3D,4D,8D. The van der Waals surface area contributed by atoms with Crippen LogP contribution in [0.1, 0.15) is 6.85 Å². The van der Waals surface area contributed by atoms with Crippen LogP contribution in [-0.4, -0.2) is 0 Å². The maximum Gasteiger partial charge on any atom is 0.136 e. The third kappa shape index (κ3) is 1.39. The van der Waals surface area contributed by atoms with Crippen molar-refractivity contribution >= 4 is 48.6 Å². The second-order valence-electron chi connectivity index (χ2n) is 4.04. The molecule has 1 aromatic heterocycles. The molecular formula is C16H9BrO. The monoisotopic (exact) mass is 301 g/mol. The van der Waals surface area contributed by atoms with Gasteiger partial charge >= 0.3 is 0 Å². The van der Waals surface area contributed by atoms with Crippen molar-refractivity contribution < 1.29 is 11.3 Å². The van der Waals surface area contributed by atoms with Crippen molar-refractivity contribution in [3.05, 3.63) is 59.0 Å². The van der Waals surface area contributed by atoms with E-state index in [9.17, 15) is 0 Å². The minimum atomic E-state index is -0.339. The van der Waals surface area contributed by atoms with Gasteiger partial charge in [0.25, 0.3) is 0 Å². The second kappa shape index (κ2) is 3.59. The van der Waals surface area contributed by atoms with Gasteiger partial charge < -0.3 is 4.42 Å². The molecule has 0 atom stereocenters. The first-order valence-electron chi connectivity index (χ1n) is 7.91. The molecule has 0 aliphatic carbocycles. The molecule has 0 fully saturated rings. The van der Waals surface area contributed by atoms with Crippen LogP contribution in [0.2, 0.25) is 0 Å². The van der Waals surface area contributed by atoms with E-state index in [2.05, 4.69) is 15.9 Å². The van der Waals surface area contributed by atoms with Crippen molar-refractivity contribution in [1.29, 1.82) is 0 Å². The van der Waals surface area contributed by atoms with Crippen LogP contribution in [0, 0.1) is 0 Å². The molecule has 0 saturated heterocycles. The Hall–Kier alpha value is -1.80. The molecule has 0 radical (unpaired) electrons. The molecule has 0 bridgehead atoms. The van der Waals surface area contributed by atoms with Crippen LogP contribution in [-0.2, 0) is 0 Å². The molecule has 0 amide bonds. The van der Waals surface area contributed by atoms with Crippen molar-refractivity contribution in [3.63, 3.8) is 0 Å². The number of hydrogen-bond acceptors (Lipinski definition) is 1. The Kier molecular flexibility index (Phi) is 1.28. The van der Waals surface area contributed by atoms with E-state index in [-0.39, 0.29) is 35.6 Å². The van der Waals surface area contributed by atoms with Gasteiger partial charge in [-0.2, -0.15) is 0 Å². The Morgan fingerprint density at radius 3 is 2.61 bits per heavy atom. The van der Waals surface area contributed by atoms with Crippen molar-refractivity contribution in [2.75, 3.05) is 0 Å². The number of furan rings is 1. The van der Waals surface area contributed by atoms with Crippen LogP contribution >= 0.6 is 15.9 Å². The third-order valence-corrected chi connectivity index (χ3v) is 3.43. The van der Waals surface area contributed by atoms with Crippen LogP contribution < -0.4 is 0 Å². The molecule has 0 unspecified atom stereocenters. The fourth-order valence-electron chi connectivity index (χ4n) is 2.11. The number of fused-ring (bicyclic) bond motifs is 4. The van der Waals surface area contributed by atoms with Gasteiger partial charge in [-0.3, -0.25) is 0 Å². The highest BCUT2D eigenvalue weighted by atomic mass is 79.9. The molecule has 1 heterocycles. The fraction of sp³-hybridized carbons (Fsp3) is 0. The van der Waals surface area contributed by atoms with Gasteiger partial charge in [0.05, 0.1) is 6.85 Å². The second-order valence-corrected chi connectivity index (χ2v) is 4.96. The van der Waals surface area contributed by atoms with E-state index in [4.69, 9.17) is 11.3 Å². The van der Waals surface area contributed by atoms with E-state index in [1.807, 2.05) is 12.1 Å². The highest BCUT2D eigenvalue weighted by Gasteiger charge is 2.08. The molecule has 86 valence electrons. The molecule has 2 heteroatoms. The van der Waals surface area contributed by atoms with E-state index >= 15 is 0 Å². The summed E-state index contributed by atoms with van der Waals surface area (Å²) < 4.78 is 46.7. The molecule has 0 N–H and O–H groups in total. The minimum Gasteiger partial charge on any atom is -0.456 e. The molecule has 4 aromatic rings. The van der Waals surface area contributed by atoms with Crippen molar-refractivity contribution in [1.82, 2.24) is 0 Å². The van der Waals surface area contributed by atoms with Gasteiger partial charge in [0, 0.05) is 15.2 Å². The summed E-state index contributed by atoms with van der Waals surface area (Å²) in [6.45, 7) is 0. The highest BCUT2D eigenvalue weighted by Crippen LogP contribution is 2.33. The van der Waals surface area contributed by atoms with Gasteiger partial charge in [0.1, 0.15) is 11.2 Å². The number of hydrogen-bond donors (Lipinski definition) is 0. The van der Waals surface area contributed by atoms with Crippen LogP contribution in [0.15, 0.2) is 63.4 Å². The molecule has 18 heavy (non-hydrogen) atoms. The largest absolute Gasteiger partial charge is 0.456 e. The summed E-state index contributed by atoms with van der Waals surface area (Å²) in [5.41, 5.74) is 0.942. The molecule has 4 rings (SSSR count). The molecule has 0 aliphatic heterocycles. The normalized spacial score (nSPS) is 15.5. The Bertz CT molecular complexity index is 1130. The summed E-state index contributed by atoms with van der Waals surface area (Å²) >= 11 is 3.41. The average Bonchev–Trinajstić information content (AvgIpc) is 2.89. The SMILES string of the molecule is [2H]c1c([2H])c([2H])c2c([2H])c3oc4ccc(Br)cc4c3cc2c1[2H]. The lowest BCUT2D eigenvalue weighted by atomic mass is 10.1. The van der Waals surface area contributed by atoms with Crippen LogP contribution in [0.25, 0.3) is 32.7 Å². The van der Waals surface area contributed by atoms with Crippen molar-refractivity contribution in [3.8, 4) is 0 Å². The van der Waals surface area contributed by atoms with E-state index < -0.39 is 0 Å². The average molecular weight is 302 g/mol. The summed E-state index contributed by atoms with van der Waals surface area (Å²) in [5.74, 6) is 0. The van der Waals surface area contributed by atoms with Gasteiger partial charge in [-0.1, -0.05) is 40.1 Å². The zero-order valence-electron chi connectivity index (χ0n) is 14.1. The molecule has 0 spiro atoms. The Morgan fingerprint density at radius 2 is 1.72 bits per heavy atom. The number of benzene rings is 3. The molecule has 0 saturated carbocycles. The van der Waals surface area contributed by atoms with Gasteiger partial charge in [-0.25, -0.2) is 0 Å². The van der Waals surface area contributed by atoms with Crippen molar-refractivity contribution in [2.45, 2.75) is 0 Å². The summed E-state index contributed by atoms with van der Waals surface area (Å²) in [4.78, 5) is 0. The zero-order chi connectivity index (χ0) is 16.5. The maximum atomic E-state index is 8.37. The first-order chi connectivity index (χ1) is 10.9. The number of halogens is 1. The zero-order valence-corrected chi connectivity index (χ0v) is 10.7. The number of rotatable bonds is 0. The predicted octanol–water partition coefficient (Wildman–Crippen LogP) is 5.50. The van der Waals surface area contributed by atoms with Crippen LogP contribution in [0.5, 0.6) is 0 Å². The van der Waals surface area contributed by atoms with E-state index in [1.54, 1.807) is 12.1 Å². The molecule has 3 aromatic carbocycles. The first kappa shape index (κ1) is 6.39. The van der Waals surface area contributed by atoms with Gasteiger partial charge in [-0.15, -0.1) is 0 Å².